The highest BCUT2D eigenvalue weighted by atomic mass is 79.9. The molecule has 0 fully saturated rings. The van der Waals surface area contributed by atoms with E-state index in [1.165, 1.54) is 6.20 Å². The van der Waals surface area contributed by atoms with E-state index in [0.717, 1.165) is 10.0 Å². The van der Waals surface area contributed by atoms with Crippen molar-refractivity contribution in [2.24, 2.45) is 0 Å². The van der Waals surface area contributed by atoms with Crippen LogP contribution in [0.1, 0.15) is 23.0 Å². The Morgan fingerprint density at radius 3 is 2.80 bits per heavy atom. The van der Waals surface area contributed by atoms with Crippen LogP contribution in [-0.2, 0) is 10.6 Å². The van der Waals surface area contributed by atoms with E-state index in [4.69, 9.17) is 16.3 Å². The number of hydrogen-bond donors (Lipinski definition) is 0. The molecule has 0 aliphatic carbocycles. The fourth-order valence-electron chi connectivity index (χ4n) is 1.67. The first kappa shape index (κ1) is 14.9. The van der Waals surface area contributed by atoms with Crippen LogP contribution < -0.4 is 0 Å². The second-order valence-corrected chi connectivity index (χ2v) is 5.01. The third kappa shape index (κ3) is 3.16. The molecule has 6 heteroatoms. The number of rotatable bonds is 4. The van der Waals surface area contributed by atoms with Crippen LogP contribution in [0.15, 0.2) is 34.9 Å². The van der Waals surface area contributed by atoms with Gasteiger partial charge in [0.25, 0.3) is 0 Å². The molecule has 1 aromatic carbocycles. The lowest BCUT2D eigenvalue weighted by Gasteiger charge is -2.08. The lowest BCUT2D eigenvalue weighted by Crippen LogP contribution is -2.10. The molecular formula is C14H12BrClN2O2. The van der Waals surface area contributed by atoms with Crippen LogP contribution in [0.4, 0.5) is 0 Å². The van der Waals surface area contributed by atoms with Gasteiger partial charge in [-0.25, -0.2) is 14.8 Å². The Hall–Kier alpha value is -1.46. The molecule has 0 spiro atoms. The lowest BCUT2D eigenvalue weighted by molar-refractivity contribution is 0.0524. The maximum absolute atomic E-state index is 11.8. The smallest absolute Gasteiger partial charge is 0.341 e. The lowest BCUT2D eigenvalue weighted by atomic mass is 10.2. The van der Waals surface area contributed by atoms with Crippen molar-refractivity contribution >= 4 is 33.5 Å². The highest BCUT2D eigenvalue weighted by molar-refractivity contribution is 9.10. The third-order valence-corrected chi connectivity index (χ3v) is 3.55. The van der Waals surface area contributed by atoms with Gasteiger partial charge in [0.1, 0.15) is 5.56 Å². The summed E-state index contributed by atoms with van der Waals surface area (Å²) < 4.78 is 5.83. The Morgan fingerprint density at radius 1 is 1.40 bits per heavy atom. The molecule has 1 heterocycles. The summed E-state index contributed by atoms with van der Waals surface area (Å²) in [6, 6.07) is 7.59. The van der Waals surface area contributed by atoms with Crippen molar-refractivity contribution in [3.63, 3.8) is 0 Å². The minimum atomic E-state index is -0.457. The number of aromatic nitrogens is 2. The number of benzene rings is 1. The van der Waals surface area contributed by atoms with E-state index in [0.29, 0.717) is 23.7 Å². The number of ether oxygens (including phenoxy) is 1. The van der Waals surface area contributed by atoms with E-state index in [2.05, 4.69) is 25.9 Å². The van der Waals surface area contributed by atoms with Gasteiger partial charge in [-0.05, 0) is 13.0 Å². The van der Waals surface area contributed by atoms with Gasteiger partial charge in [-0.1, -0.05) is 34.1 Å². The summed E-state index contributed by atoms with van der Waals surface area (Å²) in [6.45, 7) is 2.04. The second-order valence-electron chi connectivity index (χ2n) is 3.89. The summed E-state index contributed by atoms with van der Waals surface area (Å²) in [4.78, 5) is 20.3. The average Bonchev–Trinajstić information content (AvgIpc) is 2.47. The number of nitrogens with zero attached hydrogens (tertiary/aromatic N) is 2. The van der Waals surface area contributed by atoms with E-state index in [1.54, 1.807) is 6.92 Å². The standard InChI is InChI=1S/C14H12BrClN2O2/c1-2-20-14(19)10-8-17-13(18-12(10)7-16)9-5-3-4-6-11(9)15/h3-6,8H,2,7H2,1H3. The molecule has 0 amide bonds. The predicted octanol–water partition coefficient (Wildman–Crippen LogP) is 3.82. The molecule has 0 radical (unpaired) electrons. The summed E-state index contributed by atoms with van der Waals surface area (Å²) in [5, 5.41) is 0. The fourth-order valence-corrected chi connectivity index (χ4v) is 2.34. The summed E-state index contributed by atoms with van der Waals surface area (Å²) in [7, 11) is 0. The minimum Gasteiger partial charge on any atom is -0.462 e. The Balaban J connectivity index is 2.45. The first-order chi connectivity index (χ1) is 9.67. The number of carbonyl (C=O) groups excluding carboxylic acids is 1. The molecule has 20 heavy (non-hydrogen) atoms. The molecule has 0 unspecified atom stereocenters. The van der Waals surface area contributed by atoms with Crippen molar-refractivity contribution < 1.29 is 9.53 Å². The van der Waals surface area contributed by atoms with Crippen LogP contribution in [0.25, 0.3) is 11.4 Å². The first-order valence-electron chi connectivity index (χ1n) is 6.01. The van der Waals surface area contributed by atoms with Crippen LogP contribution in [0.2, 0.25) is 0 Å². The Labute approximate surface area is 130 Å². The number of carbonyl (C=O) groups is 1. The van der Waals surface area contributed by atoms with Crippen LogP contribution in [-0.4, -0.2) is 22.5 Å². The number of hydrogen-bond acceptors (Lipinski definition) is 4. The van der Waals surface area contributed by atoms with Crippen LogP contribution in [0.3, 0.4) is 0 Å². The molecule has 0 aliphatic rings. The van der Waals surface area contributed by atoms with E-state index in [9.17, 15) is 4.79 Å². The van der Waals surface area contributed by atoms with Gasteiger partial charge in [-0.3, -0.25) is 0 Å². The SMILES string of the molecule is CCOC(=O)c1cnc(-c2ccccc2Br)nc1CCl. The highest BCUT2D eigenvalue weighted by Crippen LogP contribution is 2.26. The van der Waals surface area contributed by atoms with Gasteiger partial charge in [0.05, 0.1) is 18.2 Å². The van der Waals surface area contributed by atoms with Gasteiger partial charge >= 0.3 is 5.97 Å². The maximum atomic E-state index is 11.8. The summed E-state index contributed by atoms with van der Waals surface area (Å²) >= 11 is 9.31. The topological polar surface area (TPSA) is 52.1 Å². The van der Waals surface area contributed by atoms with Crippen LogP contribution in [0, 0.1) is 0 Å². The van der Waals surface area contributed by atoms with Crippen molar-refractivity contribution in [3.8, 4) is 11.4 Å². The summed E-state index contributed by atoms with van der Waals surface area (Å²) in [5.41, 5.74) is 1.61. The molecule has 0 saturated carbocycles. The summed E-state index contributed by atoms with van der Waals surface area (Å²) in [5.74, 6) is 0.178. The first-order valence-corrected chi connectivity index (χ1v) is 7.34. The molecule has 2 aromatic rings. The fraction of sp³-hybridized carbons (Fsp3) is 0.214. The second kappa shape index (κ2) is 6.81. The van der Waals surface area contributed by atoms with Crippen molar-refractivity contribution in [2.75, 3.05) is 6.61 Å². The quantitative estimate of drug-likeness (QED) is 0.618. The molecule has 4 nitrogen and oxygen atoms in total. The molecule has 0 bridgehead atoms. The van der Waals surface area contributed by atoms with Gasteiger partial charge in [0.15, 0.2) is 5.82 Å². The van der Waals surface area contributed by atoms with Gasteiger partial charge in [0, 0.05) is 16.2 Å². The molecule has 2 rings (SSSR count). The predicted molar refractivity (Wildman–Crippen MR) is 80.7 cm³/mol. The third-order valence-electron chi connectivity index (χ3n) is 2.60. The molecule has 0 N–H and O–H groups in total. The molecular weight excluding hydrogens is 344 g/mol. The Bertz CT molecular complexity index is 634. The highest BCUT2D eigenvalue weighted by Gasteiger charge is 2.16. The van der Waals surface area contributed by atoms with E-state index in [-0.39, 0.29) is 5.88 Å². The summed E-state index contributed by atoms with van der Waals surface area (Å²) in [6.07, 6.45) is 1.46. The van der Waals surface area contributed by atoms with Gasteiger partial charge in [-0.15, -0.1) is 11.6 Å². The van der Waals surface area contributed by atoms with E-state index < -0.39 is 5.97 Å². The number of halogens is 2. The zero-order valence-corrected chi connectivity index (χ0v) is 13.1. The van der Waals surface area contributed by atoms with Gasteiger partial charge in [0.2, 0.25) is 0 Å². The van der Waals surface area contributed by atoms with Crippen molar-refractivity contribution in [2.45, 2.75) is 12.8 Å². The maximum Gasteiger partial charge on any atom is 0.341 e. The Morgan fingerprint density at radius 2 is 2.15 bits per heavy atom. The monoisotopic (exact) mass is 354 g/mol. The average molecular weight is 356 g/mol. The Kier molecular flexibility index (Phi) is 5.09. The van der Waals surface area contributed by atoms with Crippen molar-refractivity contribution in [3.05, 3.63) is 46.2 Å². The molecule has 1 aromatic heterocycles. The molecule has 0 aliphatic heterocycles. The van der Waals surface area contributed by atoms with E-state index >= 15 is 0 Å². The van der Waals surface area contributed by atoms with Gasteiger partial charge < -0.3 is 4.74 Å². The number of esters is 1. The molecule has 0 atom stereocenters. The zero-order valence-electron chi connectivity index (χ0n) is 10.8. The van der Waals surface area contributed by atoms with Crippen molar-refractivity contribution in [1.82, 2.24) is 9.97 Å². The van der Waals surface area contributed by atoms with Gasteiger partial charge in [-0.2, -0.15) is 0 Å². The largest absolute Gasteiger partial charge is 0.462 e. The number of alkyl halides is 1. The zero-order chi connectivity index (χ0) is 14.5. The van der Waals surface area contributed by atoms with Crippen molar-refractivity contribution in [1.29, 1.82) is 0 Å². The molecule has 104 valence electrons. The minimum absolute atomic E-state index is 0.119. The van der Waals surface area contributed by atoms with Crippen LogP contribution in [0.5, 0.6) is 0 Å². The van der Waals surface area contributed by atoms with E-state index in [1.807, 2.05) is 24.3 Å². The van der Waals surface area contributed by atoms with Crippen LogP contribution >= 0.6 is 27.5 Å². The normalized spacial score (nSPS) is 10.3. The molecule has 0 saturated heterocycles.